The van der Waals surface area contributed by atoms with Gasteiger partial charge in [-0.15, -0.1) is 0 Å². The van der Waals surface area contributed by atoms with Gasteiger partial charge in [-0.2, -0.15) is 5.26 Å². The number of hydrogen-bond acceptors (Lipinski definition) is 6. The molecule has 0 radical (unpaired) electrons. The van der Waals surface area contributed by atoms with Crippen LogP contribution in [-0.4, -0.2) is 32.3 Å². The molecule has 176 valence electrons. The quantitative estimate of drug-likeness (QED) is 0.473. The van der Waals surface area contributed by atoms with Crippen LogP contribution in [-0.2, 0) is 6.54 Å². The van der Waals surface area contributed by atoms with Gasteiger partial charge in [0, 0.05) is 24.5 Å². The summed E-state index contributed by atoms with van der Waals surface area (Å²) in [6.45, 7) is 1.08. The van der Waals surface area contributed by atoms with E-state index >= 15 is 0 Å². The van der Waals surface area contributed by atoms with Gasteiger partial charge in [0.25, 0.3) is 11.1 Å². The zero-order valence-electron chi connectivity index (χ0n) is 18.8. The van der Waals surface area contributed by atoms with Crippen molar-refractivity contribution >= 4 is 16.6 Å². The highest BCUT2D eigenvalue weighted by Crippen LogP contribution is 2.28. The molecule has 0 spiro atoms. The molecule has 2 N–H and O–H groups in total. The lowest BCUT2D eigenvalue weighted by Gasteiger charge is -2.36. The Bertz CT molecular complexity index is 1640. The minimum absolute atomic E-state index is 0.0264. The summed E-state index contributed by atoms with van der Waals surface area (Å²) < 4.78 is 2.99. The van der Waals surface area contributed by atoms with Crippen LogP contribution in [0.15, 0.2) is 75.2 Å². The lowest BCUT2D eigenvalue weighted by Crippen LogP contribution is -2.43. The van der Waals surface area contributed by atoms with Crippen LogP contribution >= 0.6 is 0 Å². The number of nitriles is 1. The van der Waals surface area contributed by atoms with Gasteiger partial charge >= 0.3 is 5.69 Å². The van der Waals surface area contributed by atoms with Crippen molar-refractivity contribution in [3.8, 4) is 11.8 Å². The average Bonchev–Trinajstić information content (AvgIpc) is 2.88. The first kappa shape index (κ1) is 22.2. The van der Waals surface area contributed by atoms with Gasteiger partial charge in [-0.3, -0.25) is 19.1 Å². The molecular weight excluding hydrogens is 446 g/mol. The second kappa shape index (κ2) is 8.99. The summed E-state index contributed by atoms with van der Waals surface area (Å²) in [5.74, 6) is 0.452. The number of H-pyrrole nitrogens is 1. The Morgan fingerprint density at radius 1 is 1.06 bits per heavy atom. The first-order chi connectivity index (χ1) is 17.0. The third-order valence-electron chi connectivity index (χ3n) is 6.52. The van der Waals surface area contributed by atoms with Gasteiger partial charge in [0.05, 0.1) is 35.8 Å². The Kier molecular flexibility index (Phi) is 5.71. The lowest BCUT2D eigenvalue weighted by molar-refractivity contribution is 0.384. The van der Waals surface area contributed by atoms with Gasteiger partial charge in [-0.25, -0.2) is 4.79 Å². The molecule has 1 unspecified atom stereocenters. The molecule has 4 aromatic rings. The summed E-state index contributed by atoms with van der Waals surface area (Å²) in [7, 11) is 0. The van der Waals surface area contributed by atoms with Gasteiger partial charge in [-0.05, 0) is 30.5 Å². The van der Waals surface area contributed by atoms with Crippen LogP contribution in [0.5, 0.6) is 5.75 Å². The fourth-order valence-corrected chi connectivity index (χ4v) is 4.81. The largest absolute Gasteiger partial charge is 0.506 e. The first-order valence-electron chi connectivity index (χ1n) is 11.4. The van der Waals surface area contributed by atoms with Crippen LogP contribution in [0.1, 0.15) is 30.0 Å². The summed E-state index contributed by atoms with van der Waals surface area (Å²) >= 11 is 0. The highest BCUT2D eigenvalue weighted by molar-refractivity contribution is 5.86. The van der Waals surface area contributed by atoms with E-state index in [9.17, 15) is 24.8 Å². The van der Waals surface area contributed by atoms with E-state index in [0.717, 1.165) is 6.42 Å². The van der Waals surface area contributed by atoms with E-state index in [2.05, 4.69) is 11.1 Å². The highest BCUT2D eigenvalue weighted by Gasteiger charge is 2.26. The van der Waals surface area contributed by atoms with Crippen molar-refractivity contribution in [3.05, 3.63) is 103 Å². The second-order valence-corrected chi connectivity index (χ2v) is 8.67. The molecule has 1 saturated heterocycles. The molecule has 2 aromatic heterocycles. The van der Waals surface area contributed by atoms with Crippen molar-refractivity contribution in [1.82, 2.24) is 14.1 Å². The van der Waals surface area contributed by atoms with E-state index in [4.69, 9.17) is 0 Å². The number of benzene rings is 2. The molecule has 0 saturated carbocycles. The number of aromatic nitrogens is 3. The maximum atomic E-state index is 13.2. The minimum atomic E-state index is -0.567. The van der Waals surface area contributed by atoms with Crippen molar-refractivity contribution < 1.29 is 5.11 Å². The molecule has 0 bridgehead atoms. The SMILES string of the molecule is N#Cc1ccccc1Cn1c(N2CCCC(n3cc(O)c4ccccc4c3=O)C2)cc(=O)[nH]c1=O. The predicted molar refractivity (Wildman–Crippen MR) is 132 cm³/mol. The zero-order chi connectivity index (χ0) is 24.5. The number of nitrogens with one attached hydrogen (secondary N) is 1. The number of fused-ring (bicyclic) bond motifs is 1. The number of aromatic amines is 1. The standard InChI is InChI=1S/C26H23N5O4/c27-13-17-6-1-2-7-18(17)14-31-24(12-23(33)28-26(31)35)29-11-5-8-19(15-29)30-16-22(32)20-9-3-4-10-21(20)25(30)34/h1-4,6-7,9-10,12,16,19,32H,5,8,11,14-15H2,(H,28,33,35). The van der Waals surface area contributed by atoms with E-state index in [1.807, 2.05) is 4.90 Å². The van der Waals surface area contributed by atoms with E-state index in [1.165, 1.54) is 16.8 Å². The van der Waals surface area contributed by atoms with Crippen LogP contribution in [0, 0.1) is 11.3 Å². The Hall–Kier alpha value is -4.58. The van der Waals surface area contributed by atoms with E-state index in [0.29, 0.717) is 47.2 Å². The number of nitrogens with zero attached hydrogens (tertiary/aromatic N) is 4. The molecule has 1 aliphatic heterocycles. The monoisotopic (exact) mass is 469 g/mol. The van der Waals surface area contributed by atoms with Gasteiger partial charge in [0.1, 0.15) is 11.6 Å². The molecule has 9 heteroatoms. The first-order valence-corrected chi connectivity index (χ1v) is 11.4. The van der Waals surface area contributed by atoms with Crippen LogP contribution in [0.25, 0.3) is 10.8 Å². The molecule has 1 fully saturated rings. The van der Waals surface area contributed by atoms with Crippen molar-refractivity contribution in [2.45, 2.75) is 25.4 Å². The predicted octanol–water partition coefficient (Wildman–Crippen LogP) is 2.32. The third kappa shape index (κ3) is 4.10. The van der Waals surface area contributed by atoms with Crippen molar-refractivity contribution in [1.29, 1.82) is 5.26 Å². The number of rotatable bonds is 4. The molecule has 35 heavy (non-hydrogen) atoms. The van der Waals surface area contributed by atoms with Gasteiger partial charge in [0.15, 0.2) is 0 Å². The maximum Gasteiger partial charge on any atom is 0.330 e. The number of hydrogen-bond donors (Lipinski definition) is 2. The van der Waals surface area contributed by atoms with Gasteiger partial charge in [-0.1, -0.05) is 36.4 Å². The molecule has 1 atom stereocenters. The summed E-state index contributed by atoms with van der Waals surface area (Å²) in [4.78, 5) is 42.5. The Morgan fingerprint density at radius 3 is 2.60 bits per heavy atom. The van der Waals surface area contributed by atoms with E-state index in [1.54, 1.807) is 53.1 Å². The topological polar surface area (TPSA) is 124 Å². The average molecular weight is 470 g/mol. The second-order valence-electron chi connectivity index (χ2n) is 8.67. The number of anilines is 1. The molecule has 5 rings (SSSR count). The molecule has 0 amide bonds. The lowest BCUT2D eigenvalue weighted by atomic mass is 10.0. The van der Waals surface area contributed by atoms with Gasteiger partial charge in [0.2, 0.25) is 0 Å². The molecule has 0 aliphatic carbocycles. The summed E-state index contributed by atoms with van der Waals surface area (Å²) in [6, 6.07) is 17.2. The van der Waals surface area contributed by atoms with Crippen LogP contribution in [0.4, 0.5) is 5.82 Å². The fraction of sp³-hybridized carbons (Fsp3) is 0.231. The molecule has 1 aliphatic rings. The Morgan fingerprint density at radius 2 is 1.80 bits per heavy atom. The smallest absolute Gasteiger partial charge is 0.330 e. The minimum Gasteiger partial charge on any atom is -0.506 e. The van der Waals surface area contributed by atoms with Crippen LogP contribution < -0.4 is 21.7 Å². The van der Waals surface area contributed by atoms with Crippen molar-refractivity contribution in [3.63, 3.8) is 0 Å². The maximum absolute atomic E-state index is 13.2. The van der Waals surface area contributed by atoms with Gasteiger partial charge < -0.3 is 14.6 Å². The summed E-state index contributed by atoms with van der Waals surface area (Å²) in [5, 5.41) is 20.9. The zero-order valence-corrected chi connectivity index (χ0v) is 18.8. The fourth-order valence-electron chi connectivity index (χ4n) is 4.81. The molecule has 3 heterocycles. The number of aromatic hydroxyl groups is 1. The Labute approximate surface area is 199 Å². The van der Waals surface area contributed by atoms with E-state index in [-0.39, 0.29) is 23.9 Å². The third-order valence-corrected chi connectivity index (χ3v) is 6.52. The van der Waals surface area contributed by atoms with Crippen LogP contribution in [0.3, 0.4) is 0 Å². The highest BCUT2D eigenvalue weighted by atomic mass is 16.3. The molecular formula is C26H23N5O4. The number of piperidine rings is 1. The molecule has 9 nitrogen and oxygen atoms in total. The van der Waals surface area contributed by atoms with Crippen molar-refractivity contribution in [2.75, 3.05) is 18.0 Å². The Balaban J connectivity index is 1.54. The molecule has 2 aromatic carbocycles. The van der Waals surface area contributed by atoms with Crippen LogP contribution in [0.2, 0.25) is 0 Å². The number of pyridine rings is 1. The normalized spacial score (nSPS) is 15.7. The summed E-state index contributed by atoms with van der Waals surface area (Å²) in [5.41, 5.74) is -0.169. The van der Waals surface area contributed by atoms with Crippen molar-refractivity contribution in [2.24, 2.45) is 0 Å². The van der Waals surface area contributed by atoms with E-state index < -0.39 is 11.2 Å². The summed E-state index contributed by atoms with van der Waals surface area (Å²) in [6.07, 6.45) is 2.90.